The first-order valence-electron chi connectivity index (χ1n) is 26.9. The third-order valence-electron chi connectivity index (χ3n) is 20.7. The highest BCUT2D eigenvalue weighted by molar-refractivity contribution is 5.84. The van der Waals surface area contributed by atoms with Crippen LogP contribution in [-0.4, -0.2) is 210 Å². The lowest BCUT2D eigenvalue weighted by atomic mass is 9.34. The number of aliphatic hydroxyl groups excluding tert-OH is 12. The van der Waals surface area contributed by atoms with Gasteiger partial charge in [0, 0.05) is 0 Å². The Morgan fingerprint density at radius 2 is 1.20 bits per heavy atom. The number of fused-ring (bicyclic) bond motifs is 7. The van der Waals surface area contributed by atoms with E-state index in [1.165, 1.54) is 6.92 Å². The van der Waals surface area contributed by atoms with Crippen molar-refractivity contribution in [3.8, 4) is 0 Å². The molecule has 27 atom stereocenters. The summed E-state index contributed by atoms with van der Waals surface area (Å²) in [7, 11) is 0. The lowest BCUT2D eigenvalue weighted by Gasteiger charge is -2.70. The molecule has 4 aliphatic heterocycles. The fourth-order valence-electron chi connectivity index (χ4n) is 15.8. The lowest BCUT2D eigenvalue weighted by Crippen LogP contribution is -2.66. The molecule has 9 aliphatic rings. The number of hydrogen-bond donors (Lipinski definition) is 12. The molecular formula is C53H84O21. The molecule has 74 heavy (non-hydrogen) atoms. The molecule has 21 nitrogen and oxygen atoms in total. The number of hydrogen-bond acceptors (Lipinski definition) is 21. The molecule has 21 heteroatoms. The number of esters is 1. The van der Waals surface area contributed by atoms with Crippen molar-refractivity contribution >= 4 is 5.97 Å². The molecule has 422 valence electrons. The number of aliphatic hydroxyl groups is 12. The Labute approximate surface area is 432 Å². The standard InChI is InChI=1S/C53H84O21/c1-22-11-16-53(48(66)74-46-41(65)38(62)35(59)28(20-55)70-46)18-17-51(7)25(32(53)23(22)2)9-10-30-50(6)14-13-31(49(4,5)29(50)12-15-52(30,51)8)71-47-43(73-44-39(63)36(60)33(57)24(3)68-44)42(26(56)21-67-47)72-45-40(64)37(61)34(58)27(19-54)69-45/h9,22,24,26-31,33-47,54-65H,10-21H2,1-8H3/t22-,24+,26+,27-,28-,29?,30-,31+,33+,34-,35-,36-,37+,38+,39-,40-,41-,42+,43-,44+,45+,46+,47+,50+,51-,52-,53+/m1/s1. The van der Waals surface area contributed by atoms with Gasteiger partial charge in [-0.3, -0.25) is 4.79 Å². The monoisotopic (exact) mass is 1060 g/mol. The number of carbonyl (C=O) groups is 1. The van der Waals surface area contributed by atoms with Crippen LogP contribution >= 0.6 is 0 Å². The molecule has 4 saturated heterocycles. The first-order chi connectivity index (χ1) is 34.7. The summed E-state index contributed by atoms with van der Waals surface area (Å²) in [5.41, 5.74) is 0.921. The Balaban J connectivity index is 0.981. The van der Waals surface area contributed by atoms with E-state index in [2.05, 4.69) is 54.5 Å². The molecule has 1 unspecified atom stereocenters. The SMILES string of the molecule is CC1=C2C3=CC[C@@H]4[C@@]5(C)CC[C@H](O[C@@H]6OC[C@H](O)[C@H](O[C@@H]7O[C@H](CO)[C@@H](O)[C@H](O)[C@H]7O)[C@H]6O[C@@H]6O[C@@H](C)[C@H](O)[C@@H](O)[C@H]6O)C(C)(C)C5CC[C@@]4(C)[C@]3(C)CC[C@@]2(C(=O)O[C@@H]2O[C@H](CO)[C@@H](O)[C@H](O)[C@H]2O)CC[C@H]1C. The summed E-state index contributed by atoms with van der Waals surface area (Å²) in [6, 6.07) is 0. The summed E-state index contributed by atoms with van der Waals surface area (Å²) in [6.07, 6.45) is -21.2. The van der Waals surface area contributed by atoms with Crippen LogP contribution in [0.1, 0.15) is 113 Å². The fourth-order valence-corrected chi connectivity index (χ4v) is 15.8. The van der Waals surface area contributed by atoms with Crippen LogP contribution in [0.25, 0.3) is 0 Å². The third kappa shape index (κ3) is 8.91. The number of ether oxygens (including phenoxy) is 8. The van der Waals surface area contributed by atoms with Crippen LogP contribution in [0.4, 0.5) is 0 Å². The summed E-state index contributed by atoms with van der Waals surface area (Å²) < 4.78 is 48.9. The summed E-state index contributed by atoms with van der Waals surface area (Å²) in [6.45, 7) is 15.6. The number of allylic oxidation sites excluding steroid dienone is 3. The van der Waals surface area contributed by atoms with Crippen molar-refractivity contribution in [3.05, 3.63) is 22.8 Å². The average Bonchev–Trinajstić information content (AvgIpc) is 3.36. The maximum Gasteiger partial charge on any atom is 0.318 e. The van der Waals surface area contributed by atoms with Crippen LogP contribution in [0.5, 0.6) is 0 Å². The molecule has 4 heterocycles. The fraction of sp³-hybridized carbons (Fsp3) is 0.906. The molecule has 0 aromatic carbocycles. The summed E-state index contributed by atoms with van der Waals surface area (Å²) in [5.74, 6) is -0.0396. The van der Waals surface area contributed by atoms with E-state index in [9.17, 15) is 66.1 Å². The van der Waals surface area contributed by atoms with Gasteiger partial charge in [-0.25, -0.2) is 0 Å². The van der Waals surface area contributed by atoms with Crippen LogP contribution in [0.15, 0.2) is 22.8 Å². The van der Waals surface area contributed by atoms with Gasteiger partial charge in [0.05, 0.1) is 37.4 Å². The normalized spacial score (nSPS) is 53.5. The molecule has 0 spiro atoms. The summed E-state index contributed by atoms with van der Waals surface area (Å²) >= 11 is 0. The minimum atomic E-state index is -1.83. The van der Waals surface area contributed by atoms with E-state index in [-0.39, 0.29) is 40.6 Å². The van der Waals surface area contributed by atoms with Gasteiger partial charge in [0.2, 0.25) is 6.29 Å². The minimum absolute atomic E-state index is 0.118. The molecule has 0 amide bonds. The van der Waals surface area contributed by atoms with Gasteiger partial charge in [-0.15, -0.1) is 0 Å². The van der Waals surface area contributed by atoms with Gasteiger partial charge >= 0.3 is 5.97 Å². The first kappa shape index (κ1) is 56.9. The molecule has 0 bridgehead atoms. The maximum absolute atomic E-state index is 14.8. The first-order valence-corrected chi connectivity index (χ1v) is 26.9. The van der Waals surface area contributed by atoms with Crippen molar-refractivity contribution < 1.29 is 104 Å². The van der Waals surface area contributed by atoms with Crippen LogP contribution < -0.4 is 0 Å². The van der Waals surface area contributed by atoms with Crippen molar-refractivity contribution in [2.75, 3.05) is 19.8 Å². The van der Waals surface area contributed by atoms with Crippen LogP contribution in [0.3, 0.4) is 0 Å². The van der Waals surface area contributed by atoms with Gasteiger partial charge < -0.3 is 99.2 Å². The molecule has 0 radical (unpaired) electrons. The van der Waals surface area contributed by atoms with E-state index in [4.69, 9.17) is 37.9 Å². The Morgan fingerprint density at radius 3 is 1.84 bits per heavy atom. The predicted octanol–water partition coefficient (Wildman–Crippen LogP) is -0.448. The van der Waals surface area contributed by atoms with Gasteiger partial charge in [0.1, 0.15) is 85.5 Å². The highest BCUT2D eigenvalue weighted by Gasteiger charge is 2.69. The van der Waals surface area contributed by atoms with E-state index in [0.717, 1.165) is 48.8 Å². The highest BCUT2D eigenvalue weighted by atomic mass is 16.8. The summed E-state index contributed by atoms with van der Waals surface area (Å²) in [5, 5.41) is 128. The Hall–Kier alpha value is -1.81. The van der Waals surface area contributed by atoms with Crippen LogP contribution in [0, 0.1) is 44.8 Å². The van der Waals surface area contributed by atoms with E-state index < -0.39 is 153 Å². The summed E-state index contributed by atoms with van der Waals surface area (Å²) in [4.78, 5) is 14.8. The Morgan fingerprint density at radius 1 is 0.622 bits per heavy atom. The Kier molecular flexibility index (Phi) is 15.9. The average molecular weight is 1060 g/mol. The van der Waals surface area contributed by atoms with Crippen molar-refractivity contribution in [2.24, 2.45) is 44.8 Å². The van der Waals surface area contributed by atoms with Crippen molar-refractivity contribution in [1.29, 1.82) is 0 Å². The molecule has 0 aromatic rings. The predicted molar refractivity (Wildman–Crippen MR) is 255 cm³/mol. The molecule has 5 aliphatic carbocycles. The molecule has 0 aromatic heterocycles. The van der Waals surface area contributed by atoms with E-state index in [0.29, 0.717) is 25.7 Å². The zero-order valence-corrected chi connectivity index (χ0v) is 43.9. The largest absolute Gasteiger partial charge is 0.432 e. The van der Waals surface area contributed by atoms with Gasteiger partial charge in [-0.1, -0.05) is 53.2 Å². The second kappa shape index (κ2) is 20.7. The van der Waals surface area contributed by atoms with Crippen molar-refractivity contribution in [2.45, 2.75) is 236 Å². The van der Waals surface area contributed by atoms with E-state index >= 15 is 0 Å². The van der Waals surface area contributed by atoms with Crippen LogP contribution in [-0.2, 0) is 42.7 Å². The molecule has 7 fully saturated rings. The number of carbonyl (C=O) groups excluding carboxylic acids is 1. The van der Waals surface area contributed by atoms with Gasteiger partial charge in [0.25, 0.3) is 0 Å². The topological polar surface area (TPSA) is 334 Å². The minimum Gasteiger partial charge on any atom is -0.432 e. The van der Waals surface area contributed by atoms with Crippen molar-refractivity contribution in [3.63, 3.8) is 0 Å². The molecule has 12 N–H and O–H groups in total. The molecular weight excluding hydrogens is 973 g/mol. The van der Waals surface area contributed by atoms with E-state index in [1.54, 1.807) is 0 Å². The Bertz CT molecular complexity index is 2100. The van der Waals surface area contributed by atoms with Crippen molar-refractivity contribution in [1.82, 2.24) is 0 Å². The van der Waals surface area contributed by atoms with Crippen LogP contribution in [0.2, 0.25) is 0 Å². The smallest absolute Gasteiger partial charge is 0.318 e. The lowest BCUT2D eigenvalue weighted by molar-refractivity contribution is -0.388. The van der Waals surface area contributed by atoms with E-state index in [1.807, 2.05) is 0 Å². The highest BCUT2D eigenvalue weighted by Crippen LogP contribution is 2.75. The quantitative estimate of drug-likeness (QED) is 0.0974. The second-order valence-corrected chi connectivity index (χ2v) is 24.8. The second-order valence-electron chi connectivity index (χ2n) is 24.8. The zero-order chi connectivity index (χ0) is 53.9. The number of rotatable bonds is 10. The molecule has 9 rings (SSSR count). The van der Waals surface area contributed by atoms with Gasteiger partial charge in [-0.2, -0.15) is 0 Å². The maximum atomic E-state index is 14.8. The molecule has 3 saturated carbocycles. The van der Waals surface area contributed by atoms with Gasteiger partial charge in [-0.05, 0) is 122 Å². The third-order valence-corrected chi connectivity index (χ3v) is 20.7. The van der Waals surface area contributed by atoms with Gasteiger partial charge in [0.15, 0.2) is 18.9 Å². The zero-order valence-electron chi connectivity index (χ0n) is 43.9.